The zero-order chi connectivity index (χ0) is 27.2. The summed E-state index contributed by atoms with van der Waals surface area (Å²) < 4.78 is 12.6. The number of anilines is 2. The summed E-state index contributed by atoms with van der Waals surface area (Å²) in [4.78, 5) is 16.7. The van der Waals surface area contributed by atoms with Gasteiger partial charge in [-0.15, -0.1) is 0 Å². The first-order valence-electron chi connectivity index (χ1n) is 13.8. The molecule has 4 aliphatic rings. The molecule has 4 aromatic rings. The predicted molar refractivity (Wildman–Crippen MR) is 155 cm³/mol. The van der Waals surface area contributed by atoms with Crippen LogP contribution < -0.4 is 20.0 Å². The van der Waals surface area contributed by atoms with E-state index in [4.69, 9.17) is 14.5 Å². The molecule has 4 saturated heterocycles. The topological polar surface area (TPSA) is 95.0 Å². The van der Waals surface area contributed by atoms with Gasteiger partial charge in [-0.25, -0.2) is 14.5 Å². The highest BCUT2D eigenvalue weighted by Gasteiger charge is 2.44. The summed E-state index contributed by atoms with van der Waals surface area (Å²) in [5, 5.41) is 14.3. The second-order valence-electron chi connectivity index (χ2n) is 10.9. The summed E-state index contributed by atoms with van der Waals surface area (Å²) >= 11 is 0. The summed E-state index contributed by atoms with van der Waals surface area (Å²) in [5.74, 6) is 1.69. The second kappa shape index (κ2) is 10.1. The lowest BCUT2D eigenvalue weighted by atomic mass is 9.85. The number of hydrogen-bond donors (Lipinski definition) is 0. The molecule has 4 aliphatic heterocycles. The number of nitrogens with zero attached hydrogens (tertiary/aromatic N) is 8. The minimum absolute atomic E-state index is 0.511. The molecule has 0 radical (unpaired) electrons. The Balaban J connectivity index is 1.13. The van der Waals surface area contributed by atoms with Crippen molar-refractivity contribution in [3.63, 3.8) is 0 Å². The minimum Gasteiger partial charge on any atom is -0.481 e. The Labute approximate surface area is 234 Å². The predicted octanol–water partition coefficient (Wildman–Crippen LogP) is 1.23. The Bertz CT molecular complexity index is 1580. The van der Waals surface area contributed by atoms with Gasteiger partial charge in [0.25, 0.3) is 0 Å². The number of morpholine rings is 1. The third kappa shape index (κ3) is 4.33. The largest absolute Gasteiger partial charge is 0.481 e. The lowest BCUT2D eigenvalue weighted by molar-refractivity contribution is -0.00870. The highest BCUT2D eigenvalue weighted by Crippen LogP contribution is 2.36. The van der Waals surface area contributed by atoms with Crippen LogP contribution in [0.3, 0.4) is 0 Å². The Morgan fingerprint density at radius 3 is 2.60 bits per heavy atom. The van der Waals surface area contributed by atoms with Crippen LogP contribution >= 0.6 is 0 Å². The van der Waals surface area contributed by atoms with Crippen molar-refractivity contribution in [3.05, 3.63) is 60.2 Å². The summed E-state index contributed by atoms with van der Waals surface area (Å²) in [6.45, 7) is 5.91. The van der Waals surface area contributed by atoms with Gasteiger partial charge in [-0.1, -0.05) is 12.1 Å². The first-order valence-corrected chi connectivity index (χ1v) is 13.8. The van der Waals surface area contributed by atoms with Crippen molar-refractivity contribution >= 4 is 30.3 Å². The summed E-state index contributed by atoms with van der Waals surface area (Å²) in [6.07, 6.45) is 8.74. The number of methoxy groups -OCH3 is 1. The van der Waals surface area contributed by atoms with Gasteiger partial charge in [0.05, 0.1) is 49.5 Å². The molecule has 4 aromatic heterocycles. The highest BCUT2D eigenvalue weighted by molar-refractivity contribution is 6.35. The van der Waals surface area contributed by atoms with Crippen molar-refractivity contribution in [3.8, 4) is 23.1 Å². The third-order valence-electron chi connectivity index (χ3n) is 8.47. The molecule has 0 aliphatic carbocycles. The smallest absolute Gasteiger partial charge is 0.212 e. The van der Waals surface area contributed by atoms with Gasteiger partial charge in [0, 0.05) is 74.4 Å². The Hall–Kier alpha value is -4.14. The number of aromatic nitrogens is 4. The molecule has 40 heavy (non-hydrogen) atoms. The van der Waals surface area contributed by atoms with E-state index in [1.807, 2.05) is 29.2 Å². The molecule has 10 nitrogen and oxygen atoms in total. The van der Waals surface area contributed by atoms with E-state index >= 15 is 0 Å². The molecule has 0 N–H and O–H groups in total. The van der Waals surface area contributed by atoms with Crippen LogP contribution in [-0.2, 0) is 11.3 Å². The van der Waals surface area contributed by atoms with Gasteiger partial charge < -0.3 is 19.3 Å². The van der Waals surface area contributed by atoms with Crippen LogP contribution in [0.1, 0.15) is 17.5 Å². The van der Waals surface area contributed by atoms with Crippen molar-refractivity contribution in [2.45, 2.75) is 25.0 Å². The van der Waals surface area contributed by atoms with Gasteiger partial charge in [0.1, 0.15) is 19.7 Å². The van der Waals surface area contributed by atoms with Crippen molar-refractivity contribution < 1.29 is 9.47 Å². The van der Waals surface area contributed by atoms with Gasteiger partial charge in [-0.05, 0) is 23.5 Å². The average Bonchev–Trinajstić information content (AvgIpc) is 3.43. The Morgan fingerprint density at radius 2 is 1.90 bits per heavy atom. The van der Waals surface area contributed by atoms with Crippen LogP contribution in [0.4, 0.5) is 11.5 Å². The molecule has 2 unspecified atom stereocenters. The Morgan fingerprint density at radius 1 is 1.07 bits per heavy atom. The number of ether oxygens (including phenoxy) is 2. The molecule has 0 spiro atoms. The molecule has 2 atom stereocenters. The molecule has 202 valence electrons. The van der Waals surface area contributed by atoms with E-state index in [0.29, 0.717) is 36.7 Å². The lowest BCUT2D eigenvalue weighted by Gasteiger charge is -2.57. The number of piperazine rings is 1. The molecular weight excluding hydrogens is 503 g/mol. The summed E-state index contributed by atoms with van der Waals surface area (Å²) in [6, 6.07) is 11.7. The maximum atomic E-state index is 9.78. The van der Waals surface area contributed by atoms with E-state index in [2.05, 4.69) is 56.9 Å². The van der Waals surface area contributed by atoms with Crippen LogP contribution in [0.5, 0.6) is 5.88 Å². The van der Waals surface area contributed by atoms with Gasteiger partial charge in [-0.3, -0.25) is 4.90 Å². The maximum Gasteiger partial charge on any atom is 0.212 e. The zero-order valence-corrected chi connectivity index (χ0v) is 22.8. The maximum absolute atomic E-state index is 9.78. The summed E-state index contributed by atoms with van der Waals surface area (Å²) in [5.41, 5.74) is 6.77. The van der Waals surface area contributed by atoms with Crippen molar-refractivity contribution in [1.82, 2.24) is 24.5 Å². The van der Waals surface area contributed by atoms with Crippen LogP contribution in [0, 0.1) is 11.3 Å². The first-order chi connectivity index (χ1) is 19.6. The first kappa shape index (κ1) is 24.9. The van der Waals surface area contributed by atoms with Gasteiger partial charge in [-0.2, -0.15) is 10.4 Å². The minimum atomic E-state index is 0.511. The number of rotatable bonds is 6. The van der Waals surface area contributed by atoms with Gasteiger partial charge in [0.15, 0.2) is 0 Å². The Kier molecular flexibility index (Phi) is 6.29. The quantitative estimate of drug-likeness (QED) is 0.339. The molecule has 11 heteroatoms. The second-order valence-corrected chi connectivity index (χ2v) is 10.9. The van der Waals surface area contributed by atoms with E-state index in [-0.39, 0.29) is 0 Å². The van der Waals surface area contributed by atoms with Crippen molar-refractivity contribution in [2.24, 2.45) is 0 Å². The van der Waals surface area contributed by atoms with Crippen molar-refractivity contribution in [1.29, 1.82) is 5.26 Å². The lowest BCUT2D eigenvalue weighted by Crippen LogP contribution is -2.68. The molecule has 4 fully saturated rings. The van der Waals surface area contributed by atoms with Gasteiger partial charge in [0.2, 0.25) is 5.88 Å². The summed E-state index contributed by atoms with van der Waals surface area (Å²) in [7, 11) is 3.78. The molecule has 8 rings (SSSR count). The fraction of sp³-hybridized carbons (Fsp3) is 0.379. The van der Waals surface area contributed by atoms with E-state index in [0.717, 1.165) is 66.3 Å². The number of fused-ring (bicyclic) bond motifs is 3. The zero-order valence-electron chi connectivity index (χ0n) is 22.8. The number of hydrogen-bond acceptors (Lipinski definition) is 9. The fourth-order valence-electron chi connectivity index (χ4n) is 6.40. The van der Waals surface area contributed by atoms with E-state index < -0.39 is 0 Å². The van der Waals surface area contributed by atoms with Crippen LogP contribution in [0.15, 0.2) is 49.1 Å². The molecule has 0 amide bonds. The van der Waals surface area contributed by atoms with E-state index in [9.17, 15) is 5.26 Å². The normalized spacial score (nSPS) is 20.8. The molecule has 8 heterocycles. The monoisotopic (exact) mass is 534 g/mol. The van der Waals surface area contributed by atoms with Gasteiger partial charge >= 0.3 is 0 Å². The molecule has 0 saturated carbocycles. The number of nitriles is 1. The van der Waals surface area contributed by atoms with E-state index in [1.165, 1.54) is 12.0 Å². The third-order valence-corrected chi connectivity index (χ3v) is 8.47. The van der Waals surface area contributed by atoms with Crippen LogP contribution in [0.25, 0.3) is 16.6 Å². The van der Waals surface area contributed by atoms with Crippen LogP contribution in [0.2, 0.25) is 0 Å². The standard InChI is InChI=1S/C29H31BN8O2/c1-39-27-3-2-19(12-32-27)15-37-23-9-24(37)17-36(16-23)29-26(30)8-20(13-33-29)25-10-22(35-4-6-40-7-5-35)18-38-28(25)21(11-31)14-34-38/h2-3,8,10,12-14,18,23-24H,4-7,9,15-17,30H2,1H3. The SMILES string of the molecule is Bc1cc(-c2cc(N3CCOCC3)cn3ncc(C#N)c23)cnc1N1CC2CC(C1)N2Cc1ccc(OC)nc1. The molecule has 2 bridgehead atoms. The average molecular weight is 534 g/mol. The fourth-order valence-corrected chi connectivity index (χ4v) is 6.40. The van der Waals surface area contributed by atoms with E-state index in [1.54, 1.807) is 13.3 Å². The number of pyridine rings is 3. The molecular formula is C29H31BN8O2. The number of piperidine rings is 1. The molecule has 0 aromatic carbocycles. The van der Waals surface area contributed by atoms with Crippen molar-refractivity contribution in [2.75, 3.05) is 56.3 Å². The highest BCUT2D eigenvalue weighted by atomic mass is 16.5. The van der Waals surface area contributed by atoms with Crippen LogP contribution in [-0.4, -0.2) is 90.9 Å².